The summed E-state index contributed by atoms with van der Waals surface area (Å²) in [4.78, 5) is 12.3. The van der Waals surface area contributed by atoms with Gasteiger partial charge < -0.3 is 14.8 Å². The van der Waals surface area contributed by atoms with Crippen molar-refractivity contribution in [3.05, 3.63) is 47.5 Å². The molecule has 21 heavy (non-hydrogen) atoms. The van der Waals surface area contributed by atoms with E-state index in [9.17, 15) is 4.79 Å². The molecule has 0 saturated carbocycles. The molecule has 0 aromatic heterocycles. The van der Waals surface area contributed by atoms with Crippen molar-refractivity contribution in [1.29, 1.82) is 0 Å². The van der Waals surface area contributed by atoms with Crippen molar-refractivity contribution < 1.29 is 9.53 Å². The van der Waals surface area contributed by atoms with Crippen LogP contribution >= 0.6 is 11.9 Å². The Kier molecular flexibility index (Phi) is 3.75. The molecule has 1 heterocycles. The van der Waals surface area contributed by atoms with Crippen LogP contribution in [0.2, 0.25) is 0 Å². The monoisotopic (exact) mass is 300 g/mol. The number of nitrogens with one attached hydrogen (secondary N) is 2. The number of hydrogen-bond donors (Lipinski definition) is 2. The highest BCUT2D eigenvalue weighted by atomic mass is 32.2. The molecule has 0 atom stereocenters. The molecule has 108 valence electrons. The predicted octanol–water partition coefficient (Wildman–Crippen LogP) is 3.75. The third kappa shape index (κ3) is 3.31. The van der Waals surface area contributed by atoms with E-state index in [0.717, 1.165) is 16.3 Å². The summed E-state index contributed by atoms with van der Waals surface area (Å²) in [6.07, 6.45) is 0. The van der Waals surface area contributed by atoms with Crippen LogP contribution in [0.3, 0.4) is 0 Å². The van der Waals surface area contributed by atoms with E-state index in [1.807, 2.05) is 18.2 Å². The van der Waals surface area contributed by atoms with E-state index in [0.29, 0.717) is 5.75 Å². The lowest BCUT2D eigenvalue weighted by Crippen LogP contribution is -2.25. The lowest BCUT2D eigenvalue weighted by molar-refractivity contribution is -0.118. The zero-order chi connectivity index (χ0) is 14.8. The van der Waals surface area contributed by atoms with Crippen molar-refractivity contribution >= 4 is 29.2 Å². The van der Waals surface area contributed by atoms with Gasteiger partial charge in [-0.25, -0.2) is 0 Å². The first-order valence-electron chi connectivity index (χ1n) is 6.68. The van der Waals surface area contributed by atoms with Gasteiger partial charge >= 0.3 is 0 Å². The van der Waals surface area contributed by atoms with Crippen LogP contribution in [-0.2, 0) is 4.79 Å². The molecule has 2 aromatic carbocycles. The van der Waals surface area contributed by atoms with Crippen LogP contribution in [0, 0.1) is 13.8 Å². The average molecular weight is 300 g/mol. The Balaban J connectivity index is 1.73. The largest absolute Gasteiger partial charge is 0.482 e. The van der Waals surface area contributed by atoms with E-state index in [1.165, 1.54) is 23.1 Å². The summed E-state index contributed by atoms with van der Waals surface area (Å²) in [5, 5.41) is 2.81. The van der Waals surface area contributed by atoms with E-state index in [-0.39, 0.29) is 12.5 Å². The molecule has 1 amide bonds. The normalized spacial score (nSPS) is 13.1. The molecular formula is C16H16N2O2S. The second-order valence-corrected chi connectivity index (χ2v) is 5.95. The van der Waals surface area contributed by atoms with E-state index in [2.05, 4.69) is 42.1 Å². The van der Waals surface area contributed by atoms with Crippen molar-refractivity contribution in [2.75, 3.05) is 16.6 Å². The van der Waals surface area contributed by atoms with Crippen LogP contribution in [0.25, 0.3) is 0 Å². The van der Waals surface area contributed by atoms with Crippen LogP contribution in [-0.4, -0.2) is 12.5 Å². The van der Waals surface area contributed by atoms with Crippen LogP contribution in [0.4, 0.5) is 11.4 Å². The Bertz CT molecular complexity index is 680. The minimum atomic E-state index is -0.119. The zero-order valence-electron chi connectivity index (χ0n) is 11.9. The quantitative estimate of drug-likeness (QED) is 0.848. The van der Waals surface area contributed by atoms with E-state index >= 15 is 0 Å². The van der Waals surface area contributed by atoms with Gasteiger partial charge in [0, 0.05) is 10.6 Å². The summed E-state index contributed by atoms with van der Waals surface area (Å²) in [5.41, 5.74) is 4.24. The smallest absolute Gasteiger partial charge is 0.262 e. The number of amides is 1. The number of hydrogen-bond acceptors (Lipinski definition) is 4. The molecule has 0 radical (unpaired) electrons. The third-order valence-corrected chi connectivity index (χ3v) is 3.92. The zero-order valence-corrected chi connectivity index (χ0v) is 12.7. The minimum absolute atomic E-state index is 0.0836. The highest BCUT2D eigenvalue weighted by Crippen LogP contribution is 2.32. The van der Waals surface area contributed by atoms with Crippen LogP contribution in [0.5, 0.6) is 5.75 Å². The molecule has 1 aliphatic heterocycles. The molecular weight excluding hydrogens is 284 g/mol. The standard InChI is InChI=1S/C16H16N2O2S/c1-10-5-11(2)7-12(6-10)18-21-13-3-4-15-14(8-13)17-16(19)9-20-15/h3-8,18H,9H2,1-2H3,(H,17,19). The Morgan fingerprint density at radius 3 is 2.67 bits per heavy atom. The number of carbonyl (C=O) groups excluding carboxylic acids is 1. The molecule has 4 nitrogen and oxygen atoms in total. The molecule has 0 aliphatic carbocycles. The summed E-state index contributed by atoms with van der Waals surface area (Å²) < 4.78 is 8.67. The van der Waals surface area contributed by atoms with E-state index in [4.69, 9.17) is 4.74 Å². The second kappa shape index (κ2) is 5.69. The van der Waals surface area contributed by atoms with Crippen molar-refractivity contribution in [1.82, 2.24) is 0 Å². The molecule has 2 N–H and O–H groups in total. The maximum atomic E-state index is 11.3. The minimum Gasteiger partial charge on any atom is -0.482 e. The fourth-order valence-corrected chi connectivity index (χ4v) is 2.94. The van der Waals surface area contributed by atoms with Crippen LogP contribution in [0.1, 0.15) is 11.1 Å². The summed E-state index contributed by atoms with van der Waals surface area (Å²) >= 11 is 1.51. The van der Waals surface area contributed by atoms with Gasteiger partial charge in [-0.15, -0.1) is 0 Å². The first-order valence-corrected chi connectivity index (χ1v) is 7.50. The lowest BCUT2D eigenvalue weighted by atomic mass is 10.1. The molecule has 0 fully saturated rings. The number of aryl methyl sites for hydroxylation is 2. The molecule has 0 unspecified atom stereocenters. The molecule has 1 aliphatic rings. The van der Waals surface area contributed by atoms with Gasteiger partial charge in [0.15, 0.2) is 6.61 Å². The fourth-order valence-electron chi connectivity index (χ4n) is 2.28. The van der Waals surface area contributed by atoms with Gasteiger partial charge in [0.25, 0.3) is 5.91 Å². The van der Waals surface area contributed by atoms with Gasteiger partial charge in [-0.05, 0) is 67.3 Å². The van der Waals surface area contributed by atoms with Crippen molar-refractivity contribution in [2.45, 2.75) is 18.7 Å². The highest BCUT2D eigenvalue weighted by Gasteiger charge is 2.15. The Hall–Kier alpha value is -2.14. The number of benzene rings is 2. The summed E-state index contributed by atoms with van der Waals surface area (Å²) in [5.74, 6) is 0.595. The van der Waals surface area contributed by atoms with E-state index < -0.39 is 0 Å². The SMILES string of the molecule is Cc1cc(C)cc(NSc2ccc3c(c2)NC(=O)CO3)c1. The number of ether oxygens (including phenoxy) is 1. The third-order valence-electron chi connectivity index (χ3n) is 3.09. The lowest BCUT2D eigenvalue weighted by Gasteiger charge is -2.18. The summed E-state index contributed by atoms with van der Waals surface area (Å²) in [7, 11) is 0. The maximum Gasteiger partial charge on any atom is 0.262 e. The first-order chi connectivity index (χ1) is 10.1. The van der Waals surface area contributed by atoms with Gasteiger partial charge in [-0.1, -0.05) is 6.07 Å². The second-order valence-electron chi connectivity index (χ2n) is 5.08. The predicted molar refractivity (Wildman–Crippen MR) is 86.0 cm³/mol. The molecule has 5 heteroatoms. The first kappa shape index (κ1) is 13.8. The number of anilines is 2. The van der Waals surface area contributed by atoms with Crippen molar-refractivity contribution in [3.8, 4) is 5.75 Å². The van der Waals surface area contributed by atoms with Gasteiger partial charge in [-0.3, -0.25) is 4.79 Å². The fraction of sp³-hybridized carbons (Fsp3) is 0.188. The Morgan fingerprint density at radius 1 is 1.14 bits per heavy atom. The number of carbonyl (C=O) groups is 1. The topological polar surface area (TPSA) is 50.4 Å². The molecule has 0 saturated heterocycles. The number of rotatable bonds is 3. The van der Waals surface area contributed by atoms with Gasteiger partial charge in [0.2, 0.25) is 0 Å². The summed E-state index contributed by atoms with van der Waals surface area (Å²) in [6.45, 7) is 4.24. The van der Waals surface area contributed by atoms with Crippen LogP contribution in [0.15, 0.2) is 41.3 Å². The molecule has 2 aromatic rings. The molecule has 3 rings (SSSR count). The van der Waals surface area contributed by atoms with Crippen molar-refractivity contribution in [3.63, 3.8) is 0 Å². The summed E-state index contributed by atoms with van der Waals surface area (Å²) in [6, 6.07) is 12.1. The van der Waals surface area contributed by atoms with Crippen LogP contribution < -0.4 is 14.8 Å². The maximum absolute atomic E-state index is 11.3. The van der Waals surface area contributed by atoms with Gasteiger partial charge in [0.05, 0.1) is 5.69 Å². The molecule has 0 bridgehead atoms. The van der Waals surface area contributed by atoms with Crippen molar-refractivity contribution in [2.24, 2.45) is 0 Å². The highest BCUT2D eigenvalue weighted by molar-refractivity contribution is 8.00. The van der Waals surface area contributed by atoms with E-state index in [1.54, 1.807) is 0 Å². The Labute approximate surface area is 128 Å². The number of fused-ring (bicyclic) bond motifs is 1. The average Bonchev–Trinajstić information content (AvgIpc) is 2.43. The van der Waals surface area contributed by atoms with Gasteiger partial charge in [0.1, 0.15) is 5.75 Å². The molecule has 0 spiro atoms. The Morgan fingerprint density at radius 2 is 1.90 bits per heavy atom. The van der Waals surface area contributed by atoms with Gasteiger partial charge in [-0.2, -0.15) is 0 Å².